The molecule has 0 bridgehead atoms. The lowest BCUT2D eigenvalue weighted by molar-refractivity contribution is -0.119. The summed E-state index contributed by atoms with van der Waals surface area (Å²) in [5.74, 6) is 0.378. The predicted octanol–water partition coefficient (Wildman–Crippen LogP) is 2.81. The maximum Gasteiger partial charge on any atom is 0.230 e. The SMILES string of the molecule is Cc1ccc(C)c(-n2ccnc2SCC(=O)NCC(C)(C)N2CCOCC2)c1. The number of carbonyl (C=O) groups is 1. The van der Waals surface area contributed by atoms with Crippen molar-refractivity contribution < 1.29 is 9.53 Å². The lowest BCUT2D eigenvalue weighted by Gasteiger charge is -2.40. The number of ether oxygens (including phenoxy) is 1. The third kappa shape index (κ3) is 5.16. The number of hydrogen-bond donors (Lipinski definition) is 1. The molecule has 0 atom stereocenters. The van der Waals surface area contributed by atoms with Gasteiger partial charge in [0.2, 0.25) is 5.91 Å². The van der Waals surface area contributed by atoms with Crippen LogP contribution in [0.1, 0.15) is 25.0 Å². The van der Waals surface area contributed by atoms with Gasteiger partial charge in [-0.2, -0.15) is 0 Å². The first kappa shape index (κ1) is 20.9. The van der Waals surface area contributed by atoms with Gasteiger partial charge in [0.25, 0.3) is 0 Å². The second kappa shape index (κ2) is 9.11. The van der Waals surface area contributed by atoms with E-state index < -0.39 is 0 Å². The average Bonchev–Trinajstić information content (AvgIpc) is 3.16. The van der Waals surface area contributed by atoms with Gasteiger partial charge in [-0.3, -0.25) is 14.3 Å². The molecule has 1 fully saturated rings. The Bertz CT molecular complexity index is 812. The Hall–Kier alpha value is -1.83. The molecule has 28 heavy (non-hydrogen) atoms. The molecule has 2 heterocycles. The van der Waals surface area contributed by atoms with E-state index in [-0.39, 0.29) is 11.4 Å². The predicted molar refractivity (Wildman–Crippen MR) is 113 cm³/mol. The Balaban J connectivity index is 1.55. The van der Waals surface area contributed by atoms with E-state index in [1.54, 1.807) is 6.20 Å². The Morgan fingerprint density at radius 1 is 1.29 bits per heavy atom. The highest BCUT2D eigenvalue weighted by Crippen LogP contribution is 2.23. The van der Waals surface area contributed by atoms with Crippen LogP contribution in [0.15, 0.2) is 35.7 Å². The molecule has 0 saturated carbocycles. The number of nitrogens with one attached hydrogen (secondary N) is 1. The van der Waals surface area contributed by atoms with Crippen LogP contribution in [-0.2, 0) is 9.53 Å². The molecule has 1 aliphatic heterocycles. The van der Waals surface area contributed by atoms with Gasteiger partial charge in [-0.05, 0) is 44.9 Å². The molecule has 0 radical (unpaired) electrons. The molecule has 152 valence electrons. The Morgan fingerprint density at radius 3 is 2.79 bits per heavy atom. The van der Waals surface area contributed by atoms with Crippen LogP contribution in [0.5, 0.6) is 0 Å². The standard InChI is InChI=1S/C21H30N4O2S/c1-16-5-6-17(2)18(13-16)25-8-7-22-20(25)28-14-19(26)23-15-21(3,4)24-9-11-27-12-10-24/h5-8,13H,9-12,14-15H2,1-4H3,(H,23,26). The summed E-state index contributed by atoms with van der Waals surface area (Å²) in [7, 11) is 0. The number of rotatable bonds is 7. The molecule has 1 N–H and O–H groups in total. The maximum absolute atomic E-state index is 12.4. The maximum atomic E-state index is 12.4. The minimum atomic E-state index is -0.0821. The molecule has 0 unspecified atom stereocenters. The molecule has 1 saturated heterocycles. The zero-order chi connectivity index (χ0) is 20.1. The molecule has 0 spiro atoms. The highest BCUT2D eigenvalue weighted by Gasteiger charge is 2.28. The van der Waals surface area contributed by atoms with E-state index in [1.165, 1.54) is 22.9 Å². The van der Waals surface area contributed by atoms with E-state index in [2.05, 4.69) is 65.7 Å². The van der Waals surface area contributed by atoms with Crippen LogP contribution in [0.2, 0.25) is 0 Å². The summed E-state index contributed by atoms with van der Waals surface area (Å²) in [5, 5.41) is 3.91. The fourth-order valence-electron chi connectivity index (χ4n) is 3.34. The quantitative estimate of drug-likeness (QED) is 0.722. The second-order valence-corrected chi connectivity index (χ2v) is 8.79. The summed E-state index contributed by atoms with van der Waals surface area (Å²) < 4.78 is 7.48. The molecule has 0 aliphatic carbocycles. The van der Waals surface area contributed by atoms with Gasteiger partial charge in [0, 0.05) is 37.6 Å². The summed E-state index contributed by atoms with van der Waals surface area (Å²) in [5.41, 5.74) is 3.41. The molecular weight excluding hydrogens is 372 g/mol. The highest BCUT2D eigenvalue weighted by atomic mass is 32.2. The second-order valence-electron chi connectivity index (χ2n) is 7.85. The summed E-state index contributed by atoms with van der Waals surface area (Å²) in [6.07, 6.45) is 3.73. The van der Waals surface area contributed by atoms with E-state index in [1.807, 2.05) is 6.20 Å². The van der Waals surface area contributed by atoms with Crippen molar-refractivity contribution in [3.63, 3.8) is 0 Å². The van der Waals surface area contributed by atoms with E-state index in [0.717, 1.165) is 37.1 Å². The van der Waals surface area contributed by atoms with Crippen molar-refractivity contribution in [2.45, 2.75) is 38.4 Å². The fraction of sp³-hybridized carbons (Fsp3) is 0.524. The number of thioether (sulfide) groups is 1. The van der Waals surface area contributed by atoms with Crippen LogP contribution in [-0.4, -0.2) is 64.5 Å². The number of amides is 1. The van der Waals surface area contributed by atoms with Crippen molar-refractivity contribution >= 4 is 17.7 Å². The minimum absolute atomic E-state index is 0.0295. The minimum Gasteiger partial charge on any atom is -0.379 e. The number of benzene rings is 1. The van der Waals surface area contributed by atoms with Gasteiger partial charge in [-0.1, -0.05) is 23.9 Å². The van der Waals surface area contributed by atoms with Gasteiger partial charge in [0.15, 0.2) is 5.16 Å². The van der Waals surface area contributed by atoms with Crippen LogP contribution in [0.25, 0.3) is 5.69 Å². The summed E-state index contributed by atoms with van der Waals surface area (Å²) in [6.45, 7) is 12.5. The van der Waals surface area contributed by atoms with E-state index >= 15 is 0 Å². The number of imidazole rings is 1. The third-order valence-corrected chi connectivity index (χ3v) is 6.12. The van der Waals surface area contributed by atoms with Gasteiger partial charge >= 0.3 is 0 Å². The monoisotopic (exact) mass is 402 g/mol. The van der Waals surface area contributed by atoms with Crippen molar-refractivity contribution in [1.82, 2.24) is 19.8 Å². The van der Waals surface area contributed by atoms with Gasteiger partial charge in [0.05, 0.1) is 24.7 Å². The molecule has 2 aromatic rings. The normalized spacial score (nSPS) is 15.6. The van der Waals surface area contributed by atoms with Crippen LogP contribution in [0, 0.1) is 13.8 Å². The number of aromatic nitrogens is 2. The Labute approximate surface area is 171 Å². The molecule has 6 nitrogen and oxygen atoms in total. The number of nitrogens with zero attached hydrogens (tertiary/aromatic N) is 3. The first-order chi connectivity index (χ1) is 13.4. The third-order valence-electron chi connectivity index (χ3n) is 5.15. The molecule has 1 aliphatic rings. The Kier molecular flexibility index (Phi) is 6.80. The Morgan fingerprint density at radius 2 is 2.04 bits per heavy atom. The lowest BCUT2D eigenvalue weighted by Crippen LogP contribution is -2.55. The zero-order valence-electron chi connectivity index (χ0n) is 17.2. The molecule has 1 amide bonds. The number of hydrogen-bond acceptors (Lipinski definition) is 5. The van der Waals surface area contributed by atoms with Crippen molar-refractivity contribution in [2.75, 3.05) is 38.6 Å². The first-order valence-electron chi connectivity index (χ1n) is 9.70. The van der Waals surface area contributed by atoms with Crippen molar-refractivity contribution in [1.29, 1.82) is 0 Å². The fourth-order valence-corrected chi connectivity index (χ4v) is 4.13. The van der Waals surface area contributed by atoms with Crippen molar-refractivity contribution in [3.8, 4) is 5.69 Å². The largest absolute Gasteiger partial charge is 0.379 e. The van der Waals surface area contributed by atoms with Gasteiger partial charge in [-0.15, -0.1) is 0 Å². The van der Waals surface area contributed by atoms with Crippen molar-refractivity contribution in [3.05, 3.63) is 41.7 Å². The van der Waals surface area contributed by atoms with Crippen LogP contribution in [0.4, 0.5) is 0 Å². The number of carbonyl (C=O) groups excluding carboxylic acids is 1. The van der Waals surface area contributed by atoms with Gasteiger partial charge in [0.1, 0.15) is 0 Å². The molecule has 7 heteroatoms. The summed E-state index contributed by atoms with van der Waals surface area (Å²) in [4.78, 5) is 19.2. The van der Waals surface area contributed by atoms with Crippen molar-refractivity contribution in [2.24, 2.45) is 0 Å². The van der Waals surface area contributed by atoms with Gasteiger partial charge in [-0.25, -0.2) is 4.98 Å². The summed E-state index contributed by atoms with van der Waals surface area (Å²) in [6, 6.07) is 6.36. The zero-order valence-corrected chi connectivity index (χ0v) is 18.0. The lowest BCUT2D eigenvalue weighted by atomic mass is 10.0. The average molecular weight is 403 g/mol. The van der Waals surface area contributed by atoms with E-state index in [4.69, 9.17) is 4.74 Å². The van der Waals surface area contributed by atoms with Crippen LogP contribution >= 0.6 is 11.8 Å². The smallest absolute Gasteiger partial charge is 0.230 e. The molecular formula is C21H30N4O2S. The molecule has 1 aromatic carbocycles. The van der Waals surface area contributed by atoms with Crippen LogP contribution < -0.4 is 5.32 Å². The topological polar surface area (TPSA) is 59.4 Å². The van der Waals surface area contributed by atoms with E-state index in [9.17, 15) is 4.79 Å². The number of aryl methyl sites for hydroxylation is 2. The number of morpholine rings is 1. The van der Waals surface area contributed by atoms with Gasteiger partial charge < -0.3 is 10.1 Å². The highest BCUT2D eigenvalue weighted by molar-refractivity contribution is 7.99. The first-order valence-corrected chi connectivity index (χ1v) is 10.7. The molecule has 3 rings (SSSR count). The van der Waals surface area contributed by atoms with E-state index in [0.29, 0.717) is 12.3 Å². The van der Waals surface area contributed by atoms with Crippen LogP contribution in [0.3, 0.4) is 0 Å². The summed E-state index contributed by atoms with van der Waals surface area (Å²) >= 11 is 1.46. The molecule has 1 aromatic heterocycles.